The molecular weight excluding hydrogens is 172 g/mol. The molecule has 2 atom stereocenters. The molecule has 1 heteroatoms. The molecule has 0 aliphatic rings. The van der Waals surface area contributed by atoms with Crippen molar-refractivity contribution in [3.05, 3.63) is 35.9 Å². The molecule has 0 saturated heterocycles. The summed E-state index contributed by atoms with van der Waals surface area (Å²) >= 11 is 0. The van der Waals surface area contributed by atoms with E-state index in [1.165, 1.54) is 5.56 Å². The molecule has 14 heavy (non-hydrogen) atoms. The van der Waals surface area contributed by atoms with Gasteiger partial charge >= 0.3 is 0 Å². The molecule has 0 aliphatic carbocycles. The van der Waals surface area contributed by atoms with Gasteiger partial charge in [0.2, 0.25) is 0 Å². The molecule has 0 heterocycles. The first kappa shape index (κ1) is 11.3. The Balaban J connectivity index is 2.44. The second kappa shape index (κ2) is 5.82. The van der Waals surface area contributed by atoms with E-state index in [4.69, 9.17) is 0 Å². The van der Waals surface area contributed by atoms with Crippen molar-refractivity contribution in [3.8, 4) is 0 Å². The van der Waals surface area contributed by atoms with Crippen molar-refractivity contribution in [2.75, 3.05) is 0 Å². The van der Waals surface area contributed by atoms with E-state index in [1.807, 2.05) is 18.2 Å². The van der Waals surface area contributed by atoms with Crippen LogP contribution in [0.3, 0.4) is 0 Å². The van der Waals surface area contributed by atoms with Crippen LogP contribution in [0.5, 0.6) is 0 Å². The number of aliphatic hydroxyl groups is 1. The van der Waals surface area contributed by atoms with Crippen molar-refractivity contribution in [1.82, 2.24) is 0 Å². The first-order chi connectivity index (χ1) is 6.74. The number of hydrogen-bond acceptors (Lipinski definition) is 1. The molecule has 1 aromatic carbocycles. The van der Waals surface area contributed by atoms with E-state index < -0.39 is 0 Å². The molecule has 1 N–H and O–H groups in total. The van der Waals surface area contributed by atoms with Gasteiger partial charge in [-0.3, -0.25) is 0 Å². The Morgan fingerprint density at radius 3 is 2.43 bits per heavy atom. The lowest BCUT2D eigenvalue weighted by atomic mass is 9.94. The maximum absolute atomic E-state index is 9.90. The lowest BCUT2D eigenvalue weighted by molar-refractivity contribution is 0.111. The van der Waals surface area contributed by atoms with Gasteiger partial charge in [-0.25, -0.2) is 0 Å². The first-order valence-corrected chi connectivity index (χ1v) is 5.46. The number of rotatable bonds is 5. The van der Waals surface area contributed by atoms with E-state index in [2.05, 4.69) is 26.0 Å². The van der Waals surface area contributed by atoms with Crippen molar-refractivity contribution in [2.45, 2.75) is 39.2 Å². The Morgan fingerprint density at radius 2 is 1.86 bits per heavy atom. The number of aliphatic hydroxyl groups excluding tert-OH is 1. The Labute approximate surface area is 86.8 Å². The second-order valence-corrected chi connectivity index (χ2v) is 4.02. The molecule has 1 unspecified atom stereocenters. The predicted molar refractivity (Wildman–Crippen MR) is 60.2 cm³/mol. The summed E-state index contributed by atoms with van der Waals surface area (Å²) in [5, 5.41) is 9.90. The van der Waals surface area contributed by atoms with E-state index >= 15 is 0 Å². The lowest BCUT2D eigenvalue weighted by Crippen LogP contribution is -2.20. The summed E-state index contributed by atoms with van der Waals surface area (Å²) in [5.41, 5.74) is 1.22. The van der Waals surface area contributed by atoms with Crippen LogP contribution in [-0.4, -0.2) is 11.2 Å². The molecule has 78 valence electrons. The van der Waals surface area contributed by atoms with Crippen molar-refractivity contribution >= 4 is 0 Å². The highest BCUT2D eigenvalue weighted by Gasteiger charge is 2.13. The Hall–Kier alpha value is -0.820. The van der Waals surface area contributed by atoms with Gasteiger partial charge in [-0.1, -0.05) is 50.6 Å². The fraction of sp³-hybridized carbons (Fsp3) is 0.538. The van der Waals surface area contributed by atoms with Crippen LogP contribution in [0.2, 0.25) is 0 Å². The minimum Gasteiger partial charge on any atom is -0.393 e. The summed E-state index contributed by atoms with van der Waals surface area (Å²) in [6, 6.07) is 10.2. The highest BCUT2D eigenvalue weighted by Crippen LogP contribution is 2.14. The average Bonchev–Trinajstić information content (AvgIpc) is 2.19. The topological polar surface area (TPSA) is 20.2 Å². The van der Waals surface area contributed by atoms with Gasteiger partial charge < -0.3 is 5.11 Å². The molecule has 0 bridgehead atoms. The molecule has 1 rings (SSSR count). The molecule has 0 aliphatic heterocycles. The SMILES string of the molecule is CCCC(C)[C@@H](O)Cc1ccccc1. The standard InChI is InChI=1S/C13H20O/c1-3-7-11(2)13(14)10-12-8-5-4-6-9-12/h4-6,8-9,11,13-14H,3,7,10H2,1-2H3/t11?,13-/m0/s1. The van der Waals surface area contributed by atoms with Crippen LogP contribution in [0.15, 0.2) is 30.3 Å². The fourth-order valence-electron chi connectivity index (χ4n) is 1.70. The molecular formula is C13H20O. The zero-order chi connectivity index (χ0) is 10.4. The minimum absolute atomic E-state index is 0.197. The molecule has 1 aromatic rings. The summed E-state index contributed by atoms with van der Waals surface area (Å²) in [5.74, 6) is 0.403. The summed E-state index contributed by atoms with van der Waals surface area (Å²) in [6.07, 6.45) is 2.83. The zero-order valence-electron chi connectivity index (χ0n) is 9.11. The Kier molecular flexibility index (Phi) is 4.68. The lowest BCUT2D eigenvalue weighted by Gasteiger charge is -2.17. The van der Waals surface area contributed by atoms with E-state index in [-0.39, 0.29) is 6.10 Å². The molecule has 0 spiro atoms. The van der Waals surface area contributed by atoms with Gasteiger partial charge in [-0.05, 0) is 24.3 Å². The normalized spacial score (nSPS) is 15.1. The van der Waals surface area contributed by atoms with Gasteiger partial charge in [-0.15, -0.1) is 0 Å². The van der Waals surface area contributed by atoms with Crippen LogP contribution >= 0.6 is 0 Å². The highest BCUT2D eigenvalue weighted by atomic mass is 16.3. The van der Waals surface area contributed by atoms with Crippen LogP contribution in [0.1, 0.15) is 32.3 Å². The monoisotopic (exact) mass is 192 g/mol. The largest absolute Gasteiger partial charge is 0.393 e. The molecule has 1 nitrogen and oxygen atoms in total. The fourth-order valence-corrected chi connectivity index (χ4v) is 1.70. The summed E-state index contributed by atoms with van der Waals surface area (Å²) in [6.45, 7) is 4.28. The van der Waals surface area contributed by atoms with E-state index in [9.17, 15) is 5.11 Å². The number of benzene rings is 1. The third-order valence-electron chi connectivity index (χ3n) is 2.69. The maximum atomic E-state index is 9.90. The zero-order valence-corrected chi connectivity index (χ0v) is 9.11. The van der Waals surface area contributed by atoms with Crippen LogP contribution in [-0.2, 0) is 6.42 Å². The molecule has 0 amide bonds. The summed E-state index contributed by atoms with van der Waals surface area (Å²) in [7, 11) is 0. The Bertz CT molecular complexity index is 243. The van der Waals surface area contributed by atoms with Crippen LogP contribution in [0, 0.1) is 5.92 Å². The van der Waals surface area contributed by atoms with Crippen LogP contribution in [0.4, 0.5) is 0 Å². The van der Waals surface area contributed by atoms with Crippen molar-refractivity contribution < 1.29 is 5.11 Å². The van der Waals surface area contributed by atoms with Gasteiger partial charge in [0, 0.05) is 0 Å². The Morgan fingerprint density at radius 1 is 1.21 bits per heavy atom. The molecule has 0 fully saturated rings. The quantitative estimate of drug-likeness (QED) is 0.760. The smallest absolute Gasteiger partial charge is 0.0606 e. The van der Waals surface area contributed by atoms with E-state index in [1.54, 1.807) is 0 Å². The van der Waals surface area contributed by atoms with Crippen molar-refractivity contribution in [3.63, 3.8) is 0 Å². The molecule has 0 radical (unpaired) electrons. The third kappa shape index (κ3) is 3.51. The van der Waals surface area contributed by atoms with Gasteiger partial charge in [0.1, 0.15) is 0 Å². The number of hydrogen-bond donors (Lipinski definition) is 1. The van der Waals surface area contributed by atoms with Gasteiger partial charge in [0.05, 0.1) is 6.10 Å². The highest BCUT2D eigenvalue weighted by molar-refractivity contribution is 5.15. The van der Waals surface area contributed by atoms with Crippen LogP contribution < -0.4 is 0 Å². The first-order valence-electron chi connectivity index (χ1n) is 5.46. The van der Waals surface area contributed by atoms with Crippen molar-refractivity contribution in [2.24, 2.45) is 5.92 Å². The van der Waals surface area contributed by atoms with E-state index in [0.29, 0.717) is 5.92 Å². The summed E-state index contributed by atoms with van der Waals surface area (Å²) in [4.78, 5) is 0. The van der Waals surface area contributed by atoms with Gasteiger partial charge in [0.25, 0.3) is 0 Å². The van der Waals surface area contributed by atoms with Crippen molar-refractivity contribution in [1.29, 1.82) is 0 Å². The predicted octanol–water partition coefficient (Wildman–Crippen LogP) is 3.03. The third-order valence-corrected chi connectivity index (χ3v) is 2.69. The second-order valence-electron chi connectivity index (χ2n) is 4.02. The van der Waals surface area contributed by atoms with Crippen LogP contribution in [0.25, 0.3) is 0 Å². The molecule has 0 aromatic heterocycles. The maximum Gasteiger partial charge on any atom is 0.0606 e. The minimum atomic E-state index is -0.197. The summed E-state index contributed by atoms with van der Waals surface area (Å²) < 4.78 is 0. The van der Waals surface area contributed by atoms with Gasteiger partial charge in [-0.2, -0.15) is 0 Å². The molecule has 0 saturated carbocycles. The average molecular weight is 192 g/mol. The van der Waals surface area contributed by atoms with Gasteiger partial charge in [0.15, 0.2) is 0 Å². The van der Waals surface area contributed by atoms with E-state index in [0.717, 1.165) is 19.3 Å².